The molecule has 174 valence electrons. The number of guanidine groups is 1. The van der Waals surface area contributed by atoms with Crippen LogP contribution in [-0.2, 0) is 6.42 Å². The summed E-state index contributed by atoms with van der Waals surface area (Å²) in [5.74, 6) is 0.958. The third kappa shape index (κ3) is 6.03. The molecule has 0 unspecified atom stereocenters. The Morgan fingerprint density at radius 1 is 1.00 bits per heavy atom. The van der Waals surface area contributed by atoms with Crippen LogP contribution in [0.4, 0.5) is 16.2 Å². The molecule has 8 heteroatoms. The van der Waals surface area contributed by atoms with E-state index in [1.807, 2.05) is 48.2 Å². The van der Waals surface area contributed by atoms with Crippen molar-refractivity contribution in [2.45, 2.75) is 19.8 Å². The molecule has 3 N–H and O–H groups in total. The number of benzene rings is 2. The Balaban J connectivity index is 1.24. The second-order valence-electron chi connectivity index (χ2n) is 8.26. The van der Waals surface area contributed by atoms with Gasteiger partial charge in [0.1, 0.15) is 0 Å². The summed E-state index contributed by atoms with van der Waals surface area (Å²) in [5, 5.41) is 9.29. The minimum atomic E-state index is 0.00391. The van der Waals surface area contributed by atoms with Crippen molar-refractivity contribution in [1.82, 2.24) is 15.5 Å². The van der Waals surface area contributed by atoms with Crippen LogP contribution in [0.1, 0.15) is 29.3 Å². The average Bonchev–Trinajstić information content (AvgIpc) is 3.37. The number of urea groups is 1. The van der Waals surface area contributed by atoms with Crippen molar-refractivity contribution >= 4 is 29.1 Å². The van der Waals surface area contributed by atoms with Gasteiger partial charge in [0, 0.05) is 62.6 Å². The van der Waals surface area contributed by atoms with Gasteiger partial charge in [0.15, 0.2) is 11.7 Å². The van der Waals surface area contributed by atoms with Gasteiger partial charge in [0.25, 0.3) is 0 Å². The Morgan fingerprint density at radius 3 is 2.36 bits per heavy atom. The summed E-state index contributed by atoms with van der Waals surface area (Å²) in [7, 11) is 0. The summed E-state index contributed by atoms with van der Waals surface area (Å²) in [6, 6.07) is 16.0. The molecule has 0 aromatic heterocycles. The molecule has 8 nitrogen and oxygen atoms in total. The summed E-state index contributed by atoms with van der Waals surface area (Å²) < 4.78 is 0. The number of nitrogens with zero attached hydrogens (tertiary/aromatic N) is 3. The SMILES string of the molecule is CCNC(=O)N1CCN(c2ccc(C(=O)CCc3ccc(NC4=NCCN4)cc3)cc2)CC1. The van der Waals surface area contributed by atoms with E-state index in [1.54, 1.807) is 0 Å². The number of hydrogen-bond acceptors (Lipinski definition) is 6. The fourth-order valence-electron chi connectivity index (χ4n) is 4.06. The number of ketones is 1. The fourth-order valence-corrected chi connectivity index (χ4v) is 4.06. The molecular formula is C25H32N6O2. The van der Waals surface area contributed by atoms with Gasteiger partial charge in [-0.1, -0.05) is 12.1 Å². The average molecular weight is 449 g/mol. The minimum Gasteiger partial charge on any atom is -0.368 e. The van der Waals surface area contributed by atoms with Gasteiger partial charge in [0.05, 0.1) is 6.54 Å². The first-order valence-corrected chi connectivity index (χ1v) is 11.7. The summed E-state index contributed by atoms with van der Waals surface area (Å²) in [4.78, 5) is 33.1. The van der Waals surface area contributed by atoms with E-state index in [0.29, 0.717) is 32.5 Å². The lowest BCUT2D eigenvalue weighted by Gasteiger charge is -2.36. The van der Waals surface area contributed by atoms with Gasteiger partial charge < -0.3 is 25.8 Å². The van der Waals surface area contributed by atoms with Gasteiger partial charge in [-0.05, 0) is 55.3 Å². The van der Waals surface area contributed by atoms with E-state index in [1.165, 1.54) is 0 Å². The van der Waals surface area contributed by atoms with Crippen LogP contribution in [0.25, 0.3) is 0 Å². The zero-order valence-corrected chi connectivity index (χ0v) is 19.1. The molecule has 2 amide bonds. The molecule has 2 aromatic rings. The predicted molar refractivity (Wildman–Crippen MR) is 132 cm³/mol. The molecule has 0 atom stereocenters. The zero-order chi connectivity index (χ0) is 23.0. The largest absolute Gasteiger partial charge is 0.368 e. The molecule has 2 heterocycles. The van der Waals surface area contributed by atoms with Crippen molar-refractivity contribution < 1.29 is 9.59 Å². The third-order valence-electron chi connectivity index (χ3n) is 5.98. The molecule has 2 aliphatic rings. The van der Waals surface area contributed by atoms with Gasteiger partial charge in [-0.25, -0.2) is 4.79 Å². The monoisotopic (exact) mass is 448 g/mol. The number of amides is 2. The number of aryl methyl sites for hydroxylation is 1. The van der Waals surface area contributed by atoms with Crippen molar-refractivity contribution in [3.05, 3.63) is 59.7 Å². The van der Waals surface area contributed by atoms with Crippen LogP contribution < -0.4 is 20.9 Å². The lowest BCUT2D eigenvalue weighted by Crippen LogP contribution is -2.51. The van der Waals surface area contributed by atoms with E-state index in [2.05, 4.69) is 38.0 Å². The van der Waals surface area contributed by atoms with Crippen molar-refractivity contribution in [2.75, 3.05) is 56.0 Å². The lowest BCUT2D eigenvalue weighted by atomic mass is 10.0. The molecule has 0 bridgehead atoms. The Bertz CT molecular complexity index is 979. The summed E-state index contributed by atoms with van der Waals surface area (Å²) in [5.41, 5.74) is 3.95. The minimum absolute atomic E-state index is 0.00391. The number of anilines is 2. The fraction of sp³-hybridized carbons (Fsp3) is 0.400. The maximum absolute atomic E-state index is 12.7. The molecule has 2 aromatic carbocycles. The highest BCUT2D eigenvalue weighted by atomic mass is 16.2. The molecule has 4 rings (SSSR count). The molecule has 0 saturated carbocycles. The topological polar surface area (TPSA) is 89.1 Å². The van der Waals surface area contributed by atoms with Crippen LogP contribution in [0.15, 0.2) is 53.5 Å². The van der Waals surface area contributed by atoms with Crippen molar-refractivity contribution in [2.24, 2.45) is 4.99 Å². The lowest BCUT2D eigenvalue weighted by molar-refractivity contribution is 0.0983. The van der Waals surface area contributed by atoms with E-state index in [9.17, 15) is 9.59 Å². The first-order chi connectivity index (χ1) is 16.1. The zero-order valence-electron chi connectivity index (χ0n) is 19.1. The number of hydrogen-bond donors (Lipinski definition) is 3. The highest BCUT2D eigenvalue weighted by Crippen LogP contribution is 2.19. The van der Waals surface area contributed by atoms with Crippen molar-refractivity contribution in [3.8, 4) is 0 Å². The number of carbonyl (C=O) groups is 2. The Kier molecular flexibility index (Phi) is 7.44. The van der Waals surface area contributed by atoms with E-state index in [-0.39, 0.29) is 11.8 Å². The number of aliphatic imine (C=N–C) groups is 1. The number of nitrogens with one attached hydrogen (secondary N) is 3. The molecule has 33 heavy (non-hydrogen) atoms. The highest BCUT2D eigenvalue weighted by Gasteiger charge is 2.21. The van der Waals surface area contributed by atoms with Crippen LogP contribution in [-0.4, -0.2) is 68.5 Å². The maximum atomic E-state index is 12.7. The number of piperazine rings is 1. The molecule has 2 aliphatic heterocycles. The van der Waals surface area contributed by atoms with Crippen LogP contribution in [0, 0.1) is 0 Å². The van der Waals surface area contributed by atoms with Crippen LogP contribution in [0.2, 0.25) is 0 Å². The molecule has 1 saturated heterocycles. The van der Waals surface area contributed by atoms with E-state index >= 15 is 0 Å². The Labute approximate surface area is 195 Å². The van der Waals surface area contributed by atoms with Crippen molar-refractivity contribution in [1.29, 1.82) is 0 Å². The van der Waals surface area contributed by atoms with Crippen LogP contribution in [0.3, 0.4) is 0 Å². The molecule has 0 aliphatic carbocycles. The van der Waals surface area contributed by atoms with Gasteiger partial charge in [-0.3, -0.25) is 9.79 Å². The standard InChI is InChI=1S/C25H32N6O2/c1-2-26-25(33)31-17-15-30(16-18-31)22-10-6-20(7-11-22)23(32)12-5-19-3-8-21(9-4-19)29-24-27-13-14-28-24/h3-4,6-11H,2,5,12-18H2,1H3,(H,26,33)(H2,27,28,29). The maximum Gasteiger partial charge on any atom is 0.317 e. The molecule has 0 radical (unpaired) electrons. The molecule has 0 spiro atoms. The third-order valence-corrected chi connectivity index (χ3v) is 5.98. The van der Waals surface area contributed by atoms with E-state index in [0.717, 1.165) is 54.6 Å². The summed E-state index contributed by atoms with van der Waals surface area (Å²) >= 11 is 0. The van der Waals surface area contributed by atoms with Crippen LogP contribution in [0.5, 0.6) is 0 Å². The summed E-state index contributed by atoms with van der Waals surface area (Å²) in [6.07, 6.45) is 1.19. The number of rotatable bonds is 7. The normalized spacial score (nSPS) is 15.6. The van der Waals surface area contributed by atoms with E-state index < -0.39 is 0 Å². The van der Waals surface area contributed by atoms with Gasteiger partial charge in [0.2, 0.25) is 0 Å². The molecule has 1 fully saturated rings. The van der Waals surface area contributed by atoms with Crippen LogP contribution >= 0.6 is 0 Å². The second kappa shape index (κ2) is 10.8. The second-order valence-corrected chi connectivity index (χ2v) is 8.26. The first kappa shape index (κ1) is 22.6. The number of carbonyl (C=O) groups excluding carboxylic acids is 2. The first-order valence-electron chi connectivity index (χ1n) is 11.7. The van der Waals surface area contributed by atoms with Crippen molar-refractivity contribution in [3.63, 3.8) is 0 Å². The Hall–Kier alpha value is -3.55. The molecular weight excluding hydrogens is 416 g/mol. The van der Waals surface area contributed by atoms with E-state index in [4.69, 9.17) is 0 Å². The Morgan fingerprint density at radius 2 is 1.73 bits per heavy atom. The predicted octanol–water partition coefficient (Wildman–Crippen LogP) is 2.72. The van der Waals surface area contributed by atoms with Gasteiger partial charge in [-0.15, -0.1) is 0 Å². The van der Waals surface area contributed by atoms with Gasteiger partial charge in [-0.2, -0.15) is 0 Å². The quantitative estimate of drug-likeness (QED) is 0.567. The highest BCUT2D eigenvalue weighted by molar-refractivity contribution is 5.96. The smallest absolute Gasteiger partial charge is 0.317 e. The number of Topliss-reactive ketones (excluding diaryl/α,β-unsaturated/α-hetero) is 1. The van der Waals surface area contributed by atoms with Gasteiger partial charge >= 0.3 is 6.03 Å². The summed E-state index contributed by atoms with van der Waals surface area (Å²) in [6.45, 7) is 7.23.